The third kappa shape index (κ3) is 5.16. The van der Waals surface area contributed by atoms with Gasteiger partial charge in [-0.1, -0.05) is 17.7 Å². The van der Waals surface area contributed by atoms with Gasteiger partial charge in [-0.3, -0.25) is 4.79 Å². The highest BCUT2D eigenvalue weighted by Gasteiger charge is 2.17. The smallest absolute Gasteiger partial charge is 0.255 e. The predicted octanol–water partition coefficient (Wildman–Crippen LogP) is 5.37. The molecule has 0 atom stereocenters. The molecule has 8 heteroatoms. The number of halogens is 1. The number of fused-ring (bicyclic) bond motifs is 1. The number of anilines is 2. The van der Waals surface area contributed by atoms with E-state index in [0.717, 1.165) is 40.8 Å². The molecule has 0 aliphatic carbocycles. The van der Waals surface area contributed by atoms with E-state index in [0.29, 0.717) is 29.5 Å². The maximum absolute atomic E-state index is 12.9. The fourth-order valence-electron chi connectivity index (χ4n) is 3.80. The largest absolute Gasteiger partial charge is 0.378 e. The van der Waals surface area contributed by atoms with Gasteiger partial charge in [0.25, 0.3) is 5.91 Å². The number of aromatic nitrogens is 2. The fraction of sp³-hybridized carbons (Fsp3) is 0.200. The molecule has 1 N–H and O–H groups in total. The summed E-state index contributed by atoms with van der Waals surface area (Å²) in [5.41, 5.74) is 4.22. The minimum Gasteiger partial charge on any atom is -0.378 e. The lowest BCUT2D eigenvalue weighted by molar-refractivity contribution is 0.102. The van der Waals surface area contributed by atoms with Gasteiger partial charge in [0, 0.05) is 46.7 Å². The van der Waals surface area contributed by atoms with E-state index in [4.69, 9.17) is 16.3 Å². The van der Waals surface area contributed by atoms with E-state index >= 15 is 0 Å². The molecule has 1 saturated heterocycles. The Hall–Kier alpha value is -3.00. The molecular weight excluding hydrogens is 456 g/mol. The maximum Gasteiger partial charge on any atom is 0.255 e. The van der Waals surface area contributed by atoms with Crippen molar-refractivity contribution in [3.05, 3.63) is 89.3 Å². The van der Waals surface area contributed by atoms with E-state index in [1.807, 2.05) is 71.4 Å². The third-order valence-electron chi connectivity index (χ3n) is 5.48. The lowest BCUT2D eigenvalue weighted by Crippen LogP contribution is -2.36. The van der Waals surface area contributed by atoms with Gasteiger partial charge < -0.3 is 19.4 Å². The first-order valence-electron chi connectivity index (χ1n) is 10.7. The van der Waals surface area contributed by atoms with Gasteiger partial charge in [-0.25, -0.2) is 4.98 Å². The van der Waals surface area contributed by atoms with Crippen molar-refractivity contribution in [2.75, 3.05) is 36.5 Å². The van der Waals surface area contributed by atoms with Crippen molar-refractivity contribution in [3.8, 4) is 0 Å². The summed E-state index contributed by atoms with van der Waals surface area (Å²) in [6, 6.07) is 19.2. The predicted molar refractivity (Wildman–Crippen MR) is 134 cm³/mol. The number of pyridine rings is 1. The molecule has 3 heterocycles. The third-order valence-corrected chi connectivity index (χ3v) is 6.76. The van der Waals surface area contributed by atoms with Crippen molar-refractivity contribution in [2.24, 2.45) is 0 Å². The molecule has 2 aromatic carbocycles. The highest BCUT2D eigenvalue weighted by molar-refractivity contribution is 7.98. The molecule has 168 valence electrons. The Kier molecular flexibility index (Phi) is 6.53. The number of nitrogens with zero attached hydrogens (tertiary/aromatic N) is 3. The van der Waals surface area contributed by atoms with E-state index in [9.17, 15) is 4.79 Å². The normalized spacial score (nSPS) is 13.9. The zero-order valence-electron chi connectivity index (χ0n) is 17.9. The van der Waals surface area contributed by atoms with Crippen LogP contribution in [0.15, 0.2) is 78.0 Å². The molecule has 0 unspecified atom stereocenters. The Morgan fingerprint density at radius 2 is 1.91 bits per heavy atom. The second-order valence-electron chi connectivity index (χ2n) is 7.73. The minimum atomic E-state index is -0.163. The molecule has 1 amide bonds. The first kappa shape index (κ1) is 21.8. The van der Waals surface area contributed by atoms with Gasteiger partial charge in [0.2, 0.25) is 0 Å². The molecule has 6 nitrogen and oxygen atoms in total. The molecule has 0 radical (unpaired) electrons. The van der Waals surface area contributed by atoms with Gasteiger partial charge in [-0.05, 0) is 54.6 Å². The van der Waals surface area contributed by atoms with Crippen molar-refractivity contribution in [3.63, 3.8) is 0 Å². The average molecular weight is 479 g/mol. The second kappa shape index (κ2) is 9.87. The number of benzene rings is 2. The molecule has 5 rings (SSSR count). The number of hydrogen-bond donors (Lipinski definition) is 1. The van der Waals surface area contributed by atoms with Crippen LogP contribution in [0.25, 0.3) is 5.65 Å². The zero-order chi connectivity index (χ0) is 22.6. The number of rotatable bonds is 6. The lowest BCUT2D eigenvalue weighted by atomic mass is 10.2. The highest BCUT2D eigenvalue weighted by atomic mass is 35.5. The van der Waals surface area contributed by atoms with Crippen LogP contribution in [0.2, 0.25) is 5.02 Å². The SMILES string of the molecule is O=C(Nc1cc(Cl)ccc1N1CCOCC1)c1ccc(SCc2cn3ccccc3n2)cc1. The number of nitrogens with one attached hydrogen (secondary N) is 1. The van der Waals surface area contributed by atoms with Crippen LogP contribution < -0.4 is 10.2 Å². The zero-order valence-corrected chi connectivity index (χ0v) is 19.5. The van der Waals surface area contributed by atoms with Gasteiger partial charge in [0.1, 0.15) is 5.65 Å². The first-order chi connectivity index (χ1) is 16.2. The number of carbonyl (C=O) groups excluding carboxylic acids is 1. The molecule has 33 heavy (non-hydrogen) atoms. The summed E-state index contributed by atoms with van der Waals surface area (Å²) >= 11 is 7.91. The number of amides is 1. The molecule has 1 fully saturated rings. The summed E-state index contributed by atoms with van der Waals surface area (Å²) in [6.07, 6.45) is 4.04. The summed E-state index contributed by atoms with van der Waals surface area (Å²) < 4.78 is 7.47. The number of carbonyl (C=O) groups is 1. The van der Waals surface area contributed by atoms with Gasteiger partial charge in [-0.2, -0.15) is 0 Å². The van der Waals surface area contributed by atoms with Crippen molar-refractivity contribution in [1.82, 2.24) is 9.38 Å². The van der Waals surface area contributed by atoms with Crippen molar-refractivity contribution in [1.29, 1.82) is 0 Å². The first-order valence-corrected chi connectivity index (χ1v) is 12.1. The highest BCUT2D eigenvalue weighted by Crippen LogP contribution is 2.30. The fourth-order valence-corrected chi connectivity index (χ4v) is 4.75. The molecule has 2 aromatic heterocycles. The van der Waals surface area contributed by atoms with Gasteiger partial charge in [0.05, 0.1) is 30.3 Å². The Labute approximate surface area is 201 Å². The Morgan fingerprint density at radius 1 is 1.09 bits per heavy atom. The Balaban J connectivity index is 1.25. The molecule has 1 aliphatic rings. The van der Waals surface area contributed by atoms with Gasteiger partial charge >= 0.3 is 0 Å². The summed E-state index contributed by atoms with van der Waals surface area (Å²) in [5.74, 6) is 0.599. The number of morpholine rings is 1. The van der Waals surface area contributed by atoms with Crippen LogP contribution in [0, 0.1) is 0 Å². The topological polar surface area (TPSA) is 58.9 Å². The van der Waals surface area contributed by atoms with Crippen LogP contribution in [0.3, 0.4) is 0 Å². The Bertz CT molecular complexity index is 1240. The van der Waals surface area contributed by atoms with E-state index < -0.39 is 0 Å². The van der Waals surface area contributed by atoms with Gasteiger partial charge in [-0.15, -0.1) is 11.8 Å². The van der Waals surface area contributed by atoms with E-state index in [2.05, 4.69) is 15.2 Å². The average Bonchev–Trinajstić information content (AvgIpc) is 3.27. The second-order valence-corrected chi connectivity index (χ2v) is 9.21. The number of thioether (sulfide) groups is 1. The van der Waals surface area contributed by atoms with Crippen LogP contribution in [0.1, 0.15) is 16.1 Å². The van der Waals surface area contributed by atoms with Crippen molar-refractivity contribution in [2.45, 2.75) is 10.6 Å². The van der Waals surface area contributed by atoms with Crippen molar-refractivity contribution < 1.29 is 9.53 Å². The monoisotopic (exact) mass is 478 g/mol. The van der Waals surface area contributed by atoms with Crippen LogP contribution >= 0.6 is 23.4 Å². The molecular formula is C25H23ClN4O2S. The summed E-state index contributed by atoms with van der Waals surface area (Å²) in [6.45, 7) is 2.90. The van der Waals surface area contributed by atoms with Crippen LogP contribution in [0.5, 0.6) is 0 Å². The van der Waals surface area contributed by atoms with Crippen LogP contribution in [-0.2, 0) is 10.5 Å². The number of hydrogen-bond acceptors (Lipinski definition) is 5. The standard InChI is InChI=1S/C25H23ClN4O2S/c26-19-6-9-23(29-11-13-32-14-12-29)22(15-19)28-25(31)18-4-7-21(8-5-18)33-17-20-16-30-10-2-1-3-24(30)27-20/h1-10,15-16H,11-14,17H2,(H,28,31). The minimum absolute atomic E-state index is 0.163. The van der Waals surface area contributed by atoms with Crippen LogP contribution in [0.4, 0.5) is 11.4 Å². The van der Waals surface area contributed by atoms with Crippen LogP contribution in [-0.4, -0.2) is 41.6 Å². The number of imidazole rings is 1. The molecule has 1 aliphatic heterocycles. The maximum atomic E-state index is 12.9. The van der Waals surface area contributed by atoms with Crippen molar-refractivity contribution >= 4 is 46.3 Å². The van der Waals surface area contributed by atoms with Gasteiger partial charge in [0.15, 0.2) is 0 Å². The summed E-state index contributed by atoms with van der Waals surface area (Å²) in [4.78, 5) is 20.8. The molecule has 4 aromatic rings. The quantitative estimate of drug-likeness (QED) is 0.377. The Morgan fingerprint density at radius 3 is 2.70 bits per heavy atom. The molecule has 0 spiro atoms. The molecule has 0 bridgehead atoms. The summed E-state index contributed by atoms with van der Waals surface area (Å²) in [7, 11) is 0. The number of ether oxygens (including phenoxy) is 1. The van der Waals surface area contributed by atoms with E-state index in [1.54, 1.807) is 17.8 Å². The molecule has 0 saturated carbocycles. The lowest BCUT2D eigenvalue weighted by Gasteiger charge is -2.30. The van der Waals surface area contributed by atoms with E-state index in [1.165, 1.54) is 0 Å². The van der Waals surface area contributed by atoms with E-state index in [-0.39, 0.29) is 5.91 Å². The summed E-state index contributed by atoms with van der Waals surface area (Å²) in [5, 5.41) is 3.62.